The summed E-state index contributed by atoms with van der Waals surface area (Å²) in [6.07, 6.45) is 6.15. The fourth-order valence-corrected chi connectivity index (χ4v) is 5.08. The number of anilines is 1. The first-order valence-electron chi connectivity index (χ1n) is 7.03. The lowest BCUT2D eigenvalue weighted by Crippen LogP contribution is -2.44. The highest BCUT2D eigenvalue weighted by molar-refractivity contribution is 5.54. The molecule has 6 nitrogen and oxygen atoms in total. The molecule has 0 atom stereocenters. The van der Waals surface area contributed by atoms with Crippen LogP contribution in [-0.2, 0) is 0 Å². The molecule has 4 saturated carbocycles. The Kier molecular flexibility index (Phi) is 2.20. The molecule has 4 fully saturated rings. The van der Waals surface area contributed by atoms with E-state index in [4.69, 9.17) is 10.3 Å². The molecule has 0 radical (unpaired) electrons. The number of rotatable bonds is 2. The third kappa shape index (κ3) is 1.52. The Morgan fingerprint density at radius 2 is 1.74 bits per heavy atom. The summed E-state index contributed by atoms with van der Waals surface area (Å²) in [5, 5.41) is 15.1. The van der Waals surface area contributed by atoms with Crippen LogP contribution in [0, 0.1) is 33.8 Å². The van der Waals surface area contributed by atoms with Crippen molar-refractivity contribution < 1.29 is 9.45 Å². The zero-order valence-corrected chi connectivity index (χ0v) is 10.6. The number of nitrogens with two attached hydrogens (primary N) is 1. The normalized spacial score (nSPS) is 39.7. The van der Waals surface area contributed by atoms with Crippen molar-refractivity contribution in [2.45, 2.75) is 38.0 Å². The predicted molar refractivity (Wildman–Crippen MR) is 67.4 cm³/mol. The summed E-state index contributed by atoms with van der Waals surface area (Å²) >= 11 is 0. The second kappa shape index (κ2) is 3.71. The maximum Gasteiger partial charge on any atom is 0.356 e. The molecule has 102 valence electrons. The molecule has 4 aliphatic carbocycles. The summed E-state index contributed by atoms with van der Waals surface area (Å²) in [5.74, 6) is 2.80. The van der Waals surface area contributed by atoms with E-state index in [-0.39, 0.29) is 17.5 Å². The van der Waals surface area contributed by atoms with Gasteiger partial charge >= 0.3 is 11.6 Å². The van der Waals surface area contributed by atoms with E-state index in [0.29, 0.717) is 17.5 Å². The summed E-state index contributed by atoms with van der Waals surface area (Å²) in [5.41, 5.74) is 5.99. The van der Waals surface area contributed by atoms with Gasteiger partial charge in [0.05, 0.1) is 4.92 Å². The Labute approximate surface area is 110 Å². The molecule has 1 aromatic rings. The largest absolute Gasteiger partial charge is 0.362 e. The van der Waals surface area contributed by atoms with Gasteiger partial charge in [-0.25, -0.2) is 0 Å². The van der Waals surface area contributed by atoms with Crippen molar-refractivity contribution in [2.75, 3.05) is 5.73 Å². The molecule has 19 heavy (non-hydrogen) atoms. The molecule has 0 aromatic carbocycles. The van der Waals surface area contributed by atoms with E-state index in [1.807, 2.05) is 0 Å². The highest BCUT2D eigenvalue weighted by Gasteiger charge is 2.51. The van der Waals surface area contributed by atoms with Crippen LogP contribution in [0.1, 0.15) is 43.7 Å². The van der Waals surface area contributed by atoms with Crippen molar-refractivity contribution in [1.29, 1.82) is 0 Å². The SMILES string of the molecule is Nc1onc(C2C3CC4CC(C3)CC2C4)c1[N+](=O)[O-]. The molecule has 4 bridgehead atoms. The molecule has 5 rings (SSSR count). The number of nitro groups is 1. The van der Waals surface area contributed by atoms with Crippen LogP contribution in [0.25, 0.3) is 0 Å². The number of aromatic nitrogens is 1. The standard InChI is InChI=1S/C13H17N3O3/c14-13-12(16(17)18)11(15-19-13)10-8-2-6-1-7(4-8)5-9(10)3-6/h6-10H,1-5,14H2. The van der Waals surface area contributed by atoms with E-state index >= 15 is 0 Å². The number of hydrogen-bond acceptors (Lipinski definition) is 5. The maximum atomic E-state index is 11.2. The zero-order valence-electron chi connectivity index (χ0n) is 10.6. The first kappa shape index (κ1) is 11.3. The van der Waals surface area contributed by atoms with Gasteiger partial charge in [-0.1, -0.05) is 5.16 Å². The fraction of sp³-hybridized carbons (Fsp3) is 0.769. The van der Waals surface area contributed by atoms with Gasteiger partial charge < -0.3 is 10.3 Å². The lowest BCUT2D eigenvalue weighted by molar-refractivity contribution is -0.385. The highest BCUT2D eigenvalue weighted by Crippen LogP contribution is 2.60. The second-order valence-corrected chi connectivity index (χ2v) is 6.49. The molecule has 0 amide bonds. The Morgan fingerprint density at radius 1 is 1.16 bits per heavy atom. The van der Waals surface area contributed by atoms with Gasteiger partial charge in [0.1, 0.15) is 0 Å². The quantitative estimate of drug-likeness (QED) is 0.653. The summed E-state index contributed by atoms with van der Waals surface area (Å²) in [4.78, 5) is 10.7. The van der Waals surface area contributed by atoms with Crippen molar-refractivity contribution in [3.8, 4) is 0 Å². The van der Waals surface area contributed by atoms with Crippen LogP contribution in [0.2, 0.25) is 0 Å². The van der Waals surface area contributed by atoms with Gasteiger partial charge in [-0.05, 0) is 55.8 Å². The molecule has 0 unspecified atom stereocenters. The molecule has 6 heteroatoms. The monoisotopic (exact) mass is 263 g/mol. The van der Waals surface area contributed by atoms with Gasteiger partial charge in [0.2, 0.25) is 0 Å². The molecule has 2 N–H and O–H groups in total. The van der Waals surface area contributed by atoms with E-state index < -0.39 is 4.92 Å². The zero-order chi connectivity index (χ0) is 13.1. The van der Waals surface area contributed by atoms with Gasteiger partial charge in [0, 0.05) is 5.92 Å². The average molecular weight is 263 g/mol. The maximum absolute atomic E-state index is 11.2. The van der Waals surface area contributed by atoms with E-state index in [0.717, 1.165) is 11.8 Å². The Bertz CT molecular complexity index is 511. The van der Waals surface area contributed by atoms with Gasteiger partial charge in [-0.3, -0.25) is 10.1 Å². The Hall–Kier alpha value is -1.59. The van der Waals surface area contributed by atoms with Crippen molar-refractivity contribution in [2.24, 2.45) is 23.7 Å². The minimum atomic E-state index is -0.438. The smallest absolute Gasteiger partial charge is 0.356 e. The summed E-state index contributed by atoms with van der Waals surface area (Å²) in [6.45, 7) is 0. The van der Waals surface area contributed by atoms with Crippen LogP contribution in [-0.4, -0.2) is 10.1 Å². The highest BCUT2D eigenvalue weighted by atomic mass is 16.6. The molecule has 4 aliphatic rings. The van der Waals surface area contributed by atoms with Gasteiger partial charge in [-0.2, -0.15) is 0 Å². The minimum absolute atomic E-state index is 0.0857. The van der Waals surface area contributed by atoms with Crippen LogP contribution in [0.4, 0.5) is 11.6 Å². The lowest BCUT2D eigenvalue weighted by Gasteiger charge is -2.53. The van der Waals surface area contributed by atoms with E-state index in [2.05, 4.69) is 5.16 Å². The summed E-state index contributed by atoms with van der Waals surface area (Å²) in [6, 6.07) is 0. The van der Waals surface area contributed by atoms with E-state index in [1.54, 1.807) is 0 Å². The lowest BCUT2D eigenvalue weighted by atomic mass is 9.51. The van der Waals surface area contributed by atoms with Gasteiger partial charge in [0.15, 0.2) is 5.69 Å². The van der Waals surface area contributed by atoms with Crippen LogP contribution >= 0.6 is 0 Å². The third-order valence-corrected chi connectivity index (χ3v) is 5.44. The predicted octanol–water partition coefficient (Wildman–Crippen LogP) is 2.70. The topological polar surface area (TPSA) is 95.2 Å². The number of nitrogen functional groups attached to an aromatic ring is 1. The minimum Gasteiger partial charge on any atom is -0.362 e. The molecule has 0 aliphatic heterocycles. The molecule has 1 aromatic heterocycles. The molecule has 0 saturated heterocycles. The van der Waals surface area contributed by atoms with Crippen molar-refractivity contribution >= 4 is 11.6 Å². The van der Waals surface area contributed by atoms with Crippen LogP contribution in [0.3, 0.4) is 0 Å². The van der Waals surface area contributed by atoms with Crippen molar-refractivity contribution in [3.05, 3.63) is 15.8 Å². The molecule has 1 heterocycles. The summed E-state index contributed by atoms with van der Waals surface area (Å²) < 4.78 is 4.90. The van der Waals surface area contributed by atoms with Crippen LogP contribution in [0.5, 0.6) is 0 Å². The fourth-order valence-electron chi connectivity index (χ4n) is 5.08. The van der Waals surface area contributed by atoms with E-state index in [1.165, 1.54) is 32.1 Å². The molecular formula is C13H17N3O3. The first-order valence-corrected chi connectivity index (χ1v) is 7.03. The molecular weight excluding hydrogens is 246 g/mol. The van der Waals surface area contributed by atoms with Gasteiger partial charge in [0.25, 0.3) is 0 Å². The number of nitrogens with zero attached hydrogens (tertiary/aromatic N) is 2. The molecule has 0 spiro atoms. The number of hydrogen-bond donors (Lipinski definition) is 1. The van der Waals surface area contributed by atoms with Crippen molar-refractivity contribution in [1.82, 2.24) is 5.16 Å². The van der Waals surface area contributed by atoms with Crippen LogP contribution in [0.15, 0.2) is 4.52 Å². The van der Waals surface area contributed by atoms with Crippen molar-refractivity contribution in [3.63, 3.8) is 0 Å². The second-order valence-electron chi connectivity index (χ2n) is 6.49. The van der Waals surface area contributed by atoms with E-state index in [9.17, 15) is 10.1 Å². The Balaban J connectivity index is 1.75. The Morgan fingerprint density at radius 3 is 2.26 bits per heavy atom. The third-order valence-electron chi connectivity index (χ3n) is 5.44. The summed E-state index contributed by atoms with van der Waals surface area (Å²) in [7, 11) is 0. The average Bonchev–Trinajstić information content (AvgIpc) is 2.69. The first-order chi connectivity index (χ1) is 9.13. The van der Waals surface area contributed by atoms with Gasteiger partial charge in [-0.15, -0.1) is 0 Å². The van der Waals surface area contributed by atoms with Crippen LogP contribution < -0.4 is 5.73 Å².